The summed E-state index contributed by atoms with van der Waals surface area (Å²) in [5.41, 5.74) is 1.85. The van der Waals surface area contributed by atoms with E-state index < -0.39 is 10.0 Å². The van der Waals surface area contributed by atoms with E-state index in [0.717, 1.165) is 15.7 Å². The number of anilines is 1. The summed E-state index contributed by atoms with van der Waals surface area (Å²) in [5, 5.41) is 2.92. The van der Waals surface area contributed by atoms with E-state index >= 15 is 0 Å². The number of hydrogen-bond acceptors (Lipinski definition) is 3. The normalized spacial score (nSPS) is 16.3. The molecule has 1 saturated heterocycles. The molecule has 28 heavy (non-hydrogen) atoms. The summed E-state index contributed by atoms with van der Waals surface area (Å²) >= 11 is 3.39. The van der Waals surface area contributed by atoms with Crippen LogP contribution in [0.25, 0.3) is 0 Å². The van der Waals surface area contributed by atoms with Crippen molar-refractivity contribution >= 4 is 37.5 Å². The van der Waals surface area contributed by atoms with Gasteiger partial charge in [0.15, 0.2) is 0 Å². The van der Waals surface area contributed by atoms with Crippen LogP contribution in [0.1, 0.15) is 38.2 Å². The number of nitrogens with zero attached hydrogens (tertiary/aromatic N) is 1. The van der Waals surface area contributed by atoms with Crippen LogP contribution in [0.5, 0.6) is 0 Å². The molecule has 0 atom stereocenters. The van der Waals surface area contributed by atoms with Gasteiger partial charge in [-0.1, -0.05) is 48.0 Å². The minimum Gasteiger partial charge on any atom is -0.326 e. The standard InChI is InChI=1S/C21H25BrN2O3S/c1-15(2)16-6-8-20(9-7-16)28(26,27)24-12-10-17(11-13-24)21(25)23-19-5-3-4-18(22)14-19/h3-9,14-15,17H,10-13H2,1-2H3,(H,23,25). The molecule has 0 saturated carbocycles. The van der Waals surface area contributed by atoms with Crippen molar-refractivity contribution in [2.24, 2.45) is 5.92 Å². The largest absolute Gasteiger partial charge is 0.326 e. The van der Waals surface area contributed by atoms with Crippen molar-refractivity contribution in [2.45, 2.75) is 37.5 Å². The second kappa shape index (κ2) is 8.76. The lowest BCUT2D eigenvalue weighted by atomic mass is 9.97. The van der Waals surface area contributed by atoms with Gasteiger partial charge in [0.05, 0.1) is 4.90 Å². The zero-order chi connectivity index (χ0) is 20.3. The number of hydrogen-bond donors (Lipinski definition) is 1. The van der Waals surface area contributed by atoms with Crippen molar-refractivity contribution in [1.29, 1.82) is 0 Å². The fraction of sp³-hybridized carbons (Fsp3) is 0.381. The number of piperidine rings is 1. The molecule has 0 bridgehead atoms. The fourth-order valence-corrected chi connectivity index (χ4v) is 5.21. The maximum absolute atomic E-state index is 12.9. The molecular weight excluding hydrogens is 440 g/mol. The van der Waals surface area contributed by atoms with E-state index in [9.17, 15) is 13.2 Å². The van der Waals surface area contributed by atoms with Gasteiger partial charge < -0.3 is 5.32 Å². The Morgan fingerprint density at radius 2 is 1.75 bits per heavy atom. The minimum atomic E-state index is -3.52. The third-order valence-electron chi connectivity index (χ3n) is 5.10. The highest BCUT2D eigenvalue weighted by molar-refractivity contribution is 9.10. The lowest BCUT2D eigenvalue weighted by Crippen LogP contribution is -2.41. The molecule has 1 N–H and O–H groups in total. The Bertz CT molecular complexity index is 934. The van der Waals surface area contributed by atoms with Gasteiger partial charge in [-0.05, 0) is 54.7 Å². The minimum absolute atomic E-state index is 0.0589. The molecule has 7 heteroatoms. The number of halogens is 1. The third-order valence-corrected chi connectivity index (χ3v) is 7.51. The molecule has 2 aromatic carbocycles. The van der Waals surface area contributed by atoms with E-state index in [4.69, 9.17) is 0 Å². The second-order valence-electron chi connectivity index (χ2n) is 7.40. The highest BCUT2D eigenvalue weighted by Gasteiger charge is 2.32. The van der Waals surface area contributed by atoms with Crippen LogP contribution in [0.4, 0.5) is 5.69 Å². The number of nitrogens with one attached hydrogen (secondary N) is 1. The van der Waals surface area contributed by atoms with Crippen LogP contribution >= 0.6 is 15.9 Å². The molecule has 1 amide bonds. The van der Waals surface area contributed by atoms with Gasteiger partial charge in [0.1, 0.15) is 0 Å². The molecule has 150 valence electrons. The molecule has 1 fully saturated rings. The van der Waals surface area contributed by atoms with Crippen molar-refractivity contribution in [3.05, 3.63) is 58.6 Å². The molecule has 0 spiro atoms. The number of carbonyl (C=O) groups excluding carboxylic acids is 1. The van der Waals surface area contributed by atoms with Crippen molar-refractivity contribution in [3.8, 4) is 0 Å². The van der Waals surface area contributed by atoms with Gasteiger partial charge in [-0.25, -0.2) is 8.42 Å². The number of sulfonamides is 1. The maximum atomic E-state index is 12.9. The molecule has 1 aliphatic rings. The Hall–Kier alpha value is -1.70. The predicted octanol–water partition coefficient (Wildman–Crippen LogP) is 4.61. The lowest BCUT2D eigenvalue weighted by molar-refractivity contribution is -0.120. The fourth-order valence-electron chi connectivity index (χ4n) is 3.34. The van der Waals surface area contributed by atoms with Crippen LogP contribution in [0.2, 0.25) is 0 Å². The average Bonchev–Trinajstić information content (AvgIpc) is 2.68. The van der Waals surface area contributed by atoms with Gasteiger partial charge in [-0.3, -0.25) is 4.79 Å². The van der Waals surface area contributed by atoms with Gasteiger partial charge >= 0.3 is 0 Å². The van der Waals surface area contributed by atoms with Gasteiger partial charge in [-0.2, -0.15) is 4.31 Å². The van der Waals surface area contributed by atoms with Crippen LogP contribution < -0.4 is 5.32 Å². The van der Waals surface area contributed by atoms with Gasteiger partial charge in [-0.15, -0.1) is 0 Å². The first-order valence-corrected chi connectivity index (χ1v) is 11.7. The maximum Gasteiger partial charge on any atom is 0.243 e. The zero-order valence-corrected chi connectivity index (χ0v) is 18.5. The van der Waals surface area contributed by atoms with Crippen LogP contribution in [0, 0.1) is 5.92 Å². The molecule has 0 unspecified atom stereocenters. The molecular formula is C21H25BrN2O3S. The Morgan fingerprint density at radius 3 is 2.32 bits per heavy atom. The van der Waals surface area contributed by atoms with Gasteiger partial charge in [0.25, 0.3) is 0 Å². The highest BCUT2D eigenvalue weighted by Crippen LogP contribution is 2.26. The Balaban J connectivity index is 1.61. The third kappa shape index (κ3) is 4.82. The summed E-state index contributed by atoms with van der Waals surface area (Å²) in [6.07, 6.45) is 1.03. The number of carbonyl (C=O) groups is 1. The molecule has 0 aliphatic carbocycles. The molecule has 1 heterocycles. The van der Waals surface area contributed by atoms with E-state index in [2.05, 4.69) is 35.1 Å². The highest BCUT2D eigenvalue weighted by atomic mass is 79.9. The summed E-state index contributed by atoms with van der Waals surface area (Å²) in [5.74, 6) is 0.112. The average molecular weight is 465 g/mol. The van der Waals surface area contributed by atoms with Crippen LogP contribution in [0.15, 0.2) is 57.9 Å². The van der Waals surface area contributed by atoms with Crippen LogP contribution in [-0.2, 0) is 14.8 Å². The first-order chi connectivity index (χ1) is 13.3. The SMILES string of the molecule is CC(C)c1ccc(S(=O)(=O)N2CCC(C(=O)Nc3cccc(Br)c3)CC2)cc1. The summed E-state index contributed by atoms with van der Waals surface area (Å²) in [6, 6.07) is 14.5. The summed E-state index contributed by atoms with van der Waals surface area (Å²) in [6.45, 7) is 4.86. The molecule has 2 aromatic rings. The Kier molecular flexibility index (Phi) is 6.58. The molecule has 0 aromatic heterocycles. The van der Waals surface area contributed by atoms with E-state index in [1.165, 1.54) is 4.31 Å². The summed E-state index contributed by atoms with van der Waals surface area (Å²) in [4.78, 5) is 12.8. The lowest BCUT2D eigenvalue weighted by Gasteiger charge is -2.30. The van der Waals surface area contributed by atoms with E-state index in [1.807, 2.05) is 36.4 Å². The smallest absolute Gasteiger partial charge is 0.243 e. The van der Waals surface area contributed by atoms with Crippen LogP contribution in [0.3, 0.4) is 0 Å². The van der Waals surface area contributed by atoms with Crippen LogP contribution in [-0.4, -0.2) is 31.7 Å². The topological polar surface area (TPSA) is 66.5 Å². The number of rotatable bonds is 5. The molecule has 5 nitrogen and oxygen atoms in total. The first kappa shape index (κ1) is 21.0. The summed E-state index contributed by atoms with van der Waals surface area (Å²) < 4.78 is 28.2. The van der Waals surface area contributed by atoms with Crippen molar-refractivity contribution < 1.29 is 13.2 Å². The number of benzene rings is 2. The van der Waals surface area contributed by atoms with Crippen molar-refractivity contribution in [2.75, 3.05) is 18.4 Å². The van der Waals surface area contributed by atoms with Crippen molar-refractivity contribution in [3.63, 3.8) is 0 Å². The van der Waals surface area contributed by atoms with E-state index in [1.54, 1.807) is 12.1 Å². The van der Waals surface area contributed by atoms with Gasteiger partial charge in [0.2, 0.25) is 15.9 Å². The second-order valence-corrected chi connectivity index (χ2v) is 10.3. The van der Waals surface area contributed by atoms with Crippen molar-refractivity contribution in [1.82, 2.24) is 4.31 Å². The predicted molar refractivity (Wildman–Crippen MR) is 115 cm³/mol. The Labute approximate surface area is 175 Å². The summed E-state index contributed by atoms with van der Waals surface area (Å²) in [7, 11) is -3.52. The molecule has 0 radical (unpaired) electrons. The molecule has 1 aliphatic heterocycles. The van der Waals surface area contributed by atoms with Gasteiger partial charge in [0, 0.05) is 29.2 Å². The van der Waals surface area contributed by atoms with E-state index in [0.29, 0.717) is 36.7 Å². The van der Waals surface area contributed by atoms with E-state index in [-0.39, 0.29) is 11.8 Å². The Morgan fingerprint density at radius 1 is 1.11 bits per heavy atom. The monoisotopic (exact) mass is 464 g/mol. The quantitative estimate of drug-likeness (QED) is 0.701. The number of amides is 1. The molecule has 3 rings (SSSR count). The zero-order valence-electron chi connectivity index (χ0n) is 16.1. The first-order valence-electron chi connectivity index (χ1n) is 9.44.